The maximum Gasteiger partial charge on any atom is 0.303 e. The van der Waals surface area contributed by atoms with E-state index in [0.29, 0.717) is 0 Å². The van der Waals surface area contributed by atoms with Gasteiger partial charge in [0.05, 0.1) is 12.0 Å². The van der Waals surface area contributed by atoms with E-state index in [2.05, 4.69) is 0 Å². The number of ether oxygens (including phenoxy) is 3. The third-order valence-corrected chi connectivity index (χ3v) is 5.84. The van der Waals surface area contributed by atoms with E-state index in [1.54, 1.807) is 12.1 Å². The molecule has 28 heavy (non-hydrogen) atoms. The molecule has 1 aliphatic carbocycles. The molecule has 0 radical (unpaired) electrons. The molecule has 3 rings (SSSR count). The van der Waals surface area contributed by atoms with Crippen molar-refractivity contribution in [3.8, 4) is 0 Å². The molecule has 1 saturated heterocycles. The number of hydroxylamine groups is 2. The highest BCUT2D eigenvalue weighted by molar-refractivity contribution is 7.99. The van der Waals surface area contributed by atoms with Crippen molar-refractivity contribution in [2.24, 2.45) is 5.92 Å². The second kappa shape index (κ2) is 8.50. The number of hydrogen-bond acceptors (Lipinski definition) is 9. The van der Waals surface area contributed by atoms with Crippen molar-refractivity contribution in [2.75, 3.05) is 7.05 Å². The van der Waals surface area contributed by atoms with Crippen LogP contribution < -0.4 is 0 Å². The molecule has 0 N–H and O–H groups in total. The highest BCUT2D eigenvalue weighted by Crippen LogP contribution is 2.48. The van der Waals surface area contributed by atoms with E-state index in [4.69, 9.17) is 19.0 Å². The van der Waals surface area contributed by atoms with Crippen molar-refractivity contribution in [2.45, 2.75) is 55.5 Å². The van der Waals surface area contributed by atoms with Crippen LogP contribution in [0.5, 0.6) is 0 Å². The molecule has 1 heterocycles. The molecular formula is C19H23NO7S. The van der Waals surface area contributed by atoms with Crippen LogP contribution in [0.2, 0.25) is 0 Å². The lowest BCUT2D eigenvalue weighted by atomic mass is 10.0. The first kappa shape index (κ1) is 20.6. The van der Waals surface area contributed by atoms with Gasteiger partial charge < -0.3 is 14.2 Å². The first-order valence-electron chi connectivity index (χ1n) is 8.91. The minimum absolute atomic E-state index is 0.368. The Morgan fingerprint density at radius 3 is 2.00 bits per heavy atom. The molecule has 0 amide bonds. The minimum Gasteiger partial charge on any atom is -0.458 e. The summed E-state index contributed by atoms with van der Waals surface area (Å²) in [6, 6.07) is 9.21. The molecule has 0 bridgehead atoms. The molecule has 2 fully saturated rings. The molecule has 0 spiro atoms. The highest BCUT2D eigenvalue weighted by atomic mass is 32.2. The van der Waals surface area contributed by atoms with Crippen molar-refractivity contribution >= 4 is 29.7 Å². The number of nitrogens with zero attached hydrogens (tertiary/aromatic N) is 1. The van der Waals surface area contributed by atoms with Gasteiger partial charge in [0.2, 0.25) is 0 Å². The van der Waals surface area contributed by atoms with Gasteiger partial charge in [0.25, 0.3) is 0 Å². The van der Waals surface area contributed by atoms with E-state index in [0.717, 1.165) is 4.90 Å². The summed E-state index contributed by atoms with van der Waals surface area (Å²) in [6.07, 6.45) is -2.53. The Bertz CT molecular complexity index is 743. The average Bonchev–Trinajstić information content (AvgIpc) is 3.05. The normalized spacial score (nSPS) is 31.9. The van der Waals surface area contributed by atoms with Crippen LogP contribution in [0.15, 0.2) is 35.2 Å². The zero-order chi connectivity index (χ0) is 20.4. The van der Waals surface area contributed by atoms with Gasteiger partial charge in [-0.25, -0.2) is 0 Å². The molecule has 9 heteroatoms. The van der Waals surface area contributed by atoms with Gasteiger partial charge in [0.15, 0.2) is 18.3 Å². The molecule has 1 saturated carbocycles. The maximum absolute atomic E-state index is 11.8. The Morgan fingerprint density at radius 2 is 1.43 bits per heavy atom. The van der Waals surface area contributed by atoms with Crippen LogP contribution in [-0.4, -0.2) is 59.8 Å². The summed E-state index contributed by atoms with van der Waals surface area (Å²) in [6.45, 7) is 3.84. The topological polar surface area (TPSA) is 91.4 Å². The lowest BCUT2D eigenvalue weighted by Gasteiger charge is -2.29. The number of benzene rings is 1. The summed E-state index contributed by atoms with van der Waals surface area (Å²) in [5, 5.41) is 1.60. The van der Waals surface area contributed by atoms with Crippen molar-refractivity contribution in [1.82, 2.24) is 5.06 Å². The van der Waals surface area contributed by atoms with E-state index in [9.17, 15) is 14.4 Å². The molecule has 1 aromatic rings. The van der Waals surface area contributed by atoms with Crippen molar-refractivity contribution < 1.29 is 33.4 Å². The van der Waals surface area contributed by atoms with Gasteiger partial charge in [0, 0.05) is 32.7 Å². The second-order valence-electron chi connectivity index (χ2n) is 6.74. The zero-order valence-electron chi connectivity index (χ0n) is 16.1. The molecule has 1 aliphatic heterocycles. The number of rotatable bonds is 5. The third-order valence-electron chi connectivity index (χ3n) is 4.66. The summed E-state index contributed by atoms with van der Waals surface area (Å²) in [4.78, 5) is 42.1. The summed E-state index contributed by atoms with van der Waals surface area (Å²) in [5.74, 6) is -1.94. The fourth-order valence-electron chi connectivity index (χ4n) is 3.81. The van der Waals surface area contributed by atoms with Gasteiger partial charge in [0.1, 0.15) is 5.44 Å². The predicted octanol–water partition coefficient (Wildman–Crippen LogP) is 1.78. The first-order chi connectivity index (χ1) is 13.3. The number of hydrogen-bond donors (Lipinski definition) is 0. The zero-order valence-corrected chi connectivity index (χ0v) is 16.9. The quantitative estimate of drug-likeness (QED) is 0.533. The van der Waals surface area contributed by atoms with Crippen LogP contribution >= 0.6 is 11.8 Å². The minimum atomic E-state index is -0.912. The number of likely N-dealkylation sites (N-methyl/N-ethyl adjacent to an activating group) is 1. The fourth-order valence-corrected chi connectivity index (χ4v) is 5.04. The Hall–Kier alpha value is -2.10. The monoisotopic (exact) mass is 409 g/mol. The second-order valence-corrected chi connectivity index (χ2v) is 7.91. The third kappa shape index (κ3) is 4.31. The Morgan fingerprint density at radius 1 is 0.893 bits per heavy atom. The van der Waals surface area contributed by atoms with Crippen LogP contribution in [-0.2, 0) is 33.4 Å². The van der Waals surface area contributed by atoms with E-state index in [1.807, 2.05) is 30.3 Å². The van der Waals surface area contributed by atoms with Crippen LogP contribution in [0.25, 0.3) is 0 Å². The number of fused-ring (bicyclic) bond motifs is 1. The van der Waals surface area contributed by atoms with E-state index in [-0.39, 0.29) is 5.92 Å². The summed E-state index contributed by atoms with van der Waals surface area (Å²) in [5.41, 5.74) is -0.416. The van der Waals surface area contributed by atoms with Crippen molar-refractivity contribution in [1.29, 1.82) is 0 Å². The van der Waals surface area contributed by atoms with Gasteiger partial charge in [-0.15, -0.1) is 0 Å². The van der Waals surface area contributed by atoms with Gasteiger partial charge >= 0.3 is 17.9 Å². The molecular weight excluding hydrogens is 386 g/mol. The number of esters is 3. The fraction of sp³-hybridized carbons (Fsp3) is 0.526. The van der Waals surface area contributed by atoms with Crippen molar-refractivity contribution in [3.63, 3.8) is 0 Å². The van der Waals surface area contributed by atoms with Gasteiger partial charge in [-0.3, -0.25) is 19.2 Å². The summed E-state index contributed by atoms with van der Waals surface area (Å²) in [7, 11) is 1.72. The molecule has 152 valence electrons. The van der Waals surface area contributed by atoms with Crippen LogP contribution in [0.4, 0.5) is 0 Å². The lowest BCUT2D eigenvalue weighted by Crippen LogP contribution is -2.45. The smallest absolute Gasteiger partial charge is 0.303 e. The average molecular weight is 409 g/mol. The molecule has 0 unspecified atom stereocenters. The molecule has 6 atom stereocenters. The summed E-state index contributed by atoms with van der Waals surface area (Å²) >= 11 is 1.47. The lowest BCUT2D eigenvalue weighted by molar-refractivity contribution is -0.193. The van der Waals surface area contributed by atoms with Crippen LogP contribution in [0.3, 0.4) is 0 Å². The maximum atomic E-state index is 11.8. The standard InChI is InChI=1S/C19H23NO7S/c1-10(21)24-16-14-15(17(25-11(2)22)18(16)26-12(3)23)20(4)27-19(14)28-13-8-6-5-7-9-13/h5-9,14-19H,1-4H3/t14-,15+,16-,17+,18-,19+/m1/s1. The first-order valence-corrected chi connectivity index (χ1v) is 9.79. The summed E-state index contributed by atoms with van der Waals surface area (Å²) < 4.78 is 16.5. The van der Waals surface area contributed by atoms with Gasteiger partial charge in [-0.2, -0.15) is 5.06 Å². The Kier molecular flexibility index (Phi) is 6.26. The van der Waals surface area contributed by atoms with Crippen LogP contribution in [0, 0.1) is 5.92 Å². The van der Waals surface area contributed by atoms with Gasteiger partial charge in [-0.1, -0.05) is 30.0 Å². The molecule has 0 aromatic heterocycles. The molecule has 8 nitrogen and oxygen atoms in total. The van der Waals surface area contributed by atoms with Gasteiger partial charge in [-0.05, 0) is 12.1 Å². The van der Waals surface area contributed by atoms with E-state index >= 15 is 0 Å². The number of carbonyl (C=O) groups is 3. The Labute approximate surface area is 167 Å². The van der Waals surface area contributed by atoms with Crippen molar-refractivity contribution in [3.05, 3.63) is 30.3 Å². The van der Waals surface area contributed by atoms with E-state index < -0.39 is 47.7 Å². The predicted molar refractivity (Wildman–Crippen MR) is 98.9 cm³/mol. The Balaban J connectivity index is 1.95. The van der Waals surface area contributed by atoms with Crippen LogP contribution in [0.1, 0.15) is 20.8 Å². The molecule has 2 aliphatic rings. The number of carbonyl (C=O) groups excluding carboxylic acids is 3. The molecule has 1 aromatic carbocycles. The number of thioether (sulfide) groups is 1. The highest BCUT2D eigenvalue weighted by Gasteiger charge is 2.64. The SMILES string of the molecule is CC(=O)O[C@H]1[C@@H](OC(C)=O)[C@@H]2[C@H]([C@H]1OC(C)=O)[C@H](Sc1ccccc1)ON2C. The largest absolute Gasteiger partial charge is 0.458 e. The van der Waals surface area contributed by atoms with E-state index in [1.165, 1.54) is 32.5 Å².